The molecule has 0 saturated heterocycles. The fraction of sp³-hybridized carbons (Fsp3) is 0.300. The van der Waals surface area contributed by atoms with Gasteiger partial charge in [-0.25, -0.2) is 0 Å². The van der Waals surface area contributed by atoms with Gasteiger partial charge in [-0.15, -0.1) is 0 Å². The van der Waals surface area contributed by atoms with Gasteiger partial charge in [-0.2, -0.15) is 0 Å². The molecule has 0 aromatic carbocycles. The molecule has 1 N–H and O–H groups in total. The lowest BCUT2D eigenvalue weighted by Gasteiger charge is -2.23. The number of aliphatic hydroxyl groups is 1. The van der Waals surface area contributed by atoms with Crippen LogP contribution >= 0.6 is 0 Å². The summed E-state index contributed by atoms with van der Waals surface area (Å²) in [6, 6.07) is 3.68. The Morgan fingerprint density at radius 1 is 1.54 bits per heavy atom. The van der Waals surface area contributed by atoms with Crippen molar-refractivity contribution in [2.24, 2.45) is 0 Å². The summed E-state index contributed by atoms with van der Waals surface area (Å²) in [5.74, 6) is 0. The largest absolute Gasteiger partial charge is 0.385 e. The Bertz CT molecular complexity index is 335. The van der Waals surface area contributed by atoms with Gasteiger partial charge in [-0.3, -0.25) is 4.98 Å². The second-order valence-electron chi connectivity index (χ2n) is 2.98. The van der Waals surface area contributed by atoms with Crippen LogP contribution in [0.5, 0.6) is 0 Å². The van der Waals surface area contributed by atoms with Crippen LogP contribution < -0.4 is 0 Å². The fourth-order valence-electron chi connectivity index (χ4n) is 1.49. The van der Waals surface area contributed by atoms with E-state index in [4.69, 9.17) is 4.74 Å². The van der Waals surface area contributed by atoms with E-state index < -0.39 is 6.10 Å². The molecule has 0 amide bonds. The van der Waals surface area contributed by atoms with E-state index in [1.54, 1.807) is 13.3 Å². The van der Waals surface area contributed by atoms with Crippen molar-refractivity contribution in [3.63, 3.8) is 0 Å². The molecular formula is C10H11NO2. The van der Waals surface area contributed by atoms with Crippen molar-refractivity contribution < 1.29 is 9.84 Å². The van der Waals surface area contributed by atoms with Crippen molar-refractivity contribution >= 4 is 6.08 Å². The molecule has 0 fully saturated rings. The van der Waals surface area contributed by atoms with Gasteiger partial charge >= 0.3 is 0 Å². The zero-order valence-corrected chi connectivity index (χ0v) is 7.34. The highest BCUT2D eigenvalue weighted by Gasteiger charge is 2.23. The van der Waals surface area contributed by atoms with E-state index in [2.05, 4.69) is 4.98 Å². The topological polar surface area (TPSA) is 42.4 Å². The average molecular weight is 177 g/mol. The number of ether oxygens (including phenoxy) is 1. The Morgan fingerprint density at radius 3 is 3.15 bits per heavy atom. The summed E-state index contributed by atoms with van der Waals surface area (Å²) < 4.78 is 5.10. The van der Waals surface area contributed by atoms with E-state index in [1.807, 2.05) is 24.3 Å². The number of aliphatic hydroxyl groups excluding tert-OH is 1. The number of pyridine rings is 1. The van der Waals surface area contributed by atoms with Crippen molar-refractivity contribution in [1.82, 2.24) is 4.98 Å². The lowest BCUT2D eigenvalue weighted by molar-refractivity contribution is 0.0147. The Balaban J connectivity index is 2.42. The maximum atomic E-state index is 9.80. The van der Waals surface area contributed by atoms with E-state index >= 15 is 0 Å². The maximum Gasteiger partial charge on any atom is 0.111 e. The zero-order valence-electron chi connectivity index (χ0n) is 7.34. The van der Waals surface area contributed by atoms with Gasteiger partial charge in [0, 0.05) is 18.9 Å². The van der Waals surface area contributed by atoms with Crippen LogP contribution in [-0.2, 0) is 4.74 Å². The minimum absolute atomic E-state index is 0.253. The molecule has 1 aromatic rings. The van der Waals surface area contributed by atoms with Gasteiger partial charge in [0.25, 0.3) is 0 Å². The summed E-state index contributed by atoms with van der Waals surface area (Å²) in [6.45, 7) is 0. The number of hydrogen-bond donors (Lipinski definition) is 1. The smallest absolute Gasteiger partial charge is 0.111 e. The molecule has 2 atom stereocenters. The Hall–Kier alpha value is -1.19. The van der Waals surface area contributed by atoms with Gasteiger partial charge < -0.3 is 9.84 Å². The number of fused-ring (bicyclic) bond motifs is 1. The lowest BCUT2D eigenvalue weighted by atomic mass is 9.97. The van der Waals surface area contributed by atoms with E-state index in [0.29, 0.717) is 0 Å². The van der Waals surface area contributed by atoms with Crippen molar-refractivity contribution in [1.29, 1.82) is 0 Å². The van der Waals surface area contributed by atoms with E-state index in [-0.39, 0.29) is 6.10 Å². The Kier molecular flexibility index (Phi) is 2.12. The van der Waals surface area contributed by atoms with E-state index in [9.17, 15) is 5.11 Å². The average Bonchev–Trinajstić information content (AvgIpc) is 2.19. The molecule has 1 aliphatic rings. The third-order valence-electron chi connectivity index (χ3n) is 2.22. The second-order valence-corrected chi connectivity index (χ2v) is 2.98. The summed E-state index contributed by atoms with van der Waals surface area (Å²) in [5, 5.41) is 9.80. The highest BCUT2D eigenvalue weighted by atomic mass is 16.5. The predicted octanol–water partition coefficient (Wildman–Crippen LogP) is 1.16. The quantitative estimate of drug-likeness (QED) is 0.699. The van der Waals surface area contributed by atoms with Gasteiger partial charge in [-0.1, -0.05) is 12.1 Å². The van der Waals surface area contributed by atoms with Gasteiger partial charge in [-0.05, 0) is 12.1 Å². The number of nitrogens with zero attached hydrogens (tertiary/aromatic N) is 1. The van der Waals surface area contributed by atoms with Gasteiger partial charge in [0.15, 0.2) is 0 Å². The molecule has 13 heavy (non-hydrogen) atoms. The number of aromatic nitrogens is 1. The molecule has 0 spiro atoms. The van der Waals surface area contributed by atoms with Gasteiger partial charge in [0.2, 0.25) is 0 Å². The molecule has 1 aromatic heterocycles. The molecule has 0 radical (unpaired) electrons. The van der Waals surface area contributed by atoms with Crippen LogP contribution in [0.1, 0.15) is 17.4 Å². The first-order chi connectivity index (χ1) is 6.33. The van der Waals surface area contributed by atoms with Crippen LogP contribution in [0.25, 0.3) is 6.08 Å². The van der Waals surface area contributed by atoms with Gasteiger partial charge in [0.1, 0.15) is 12.2 Å². The van der Waals surface area contributed by atoms with Crippen LogP contribution in [0.4, 0.5) is 0 Å². The minimum atomic E-state index is -0.598. The molecule has 2 rings (SSSR count). The van der Waals surface area contributed by atoms with Crippen LogP contribution in [0.3, 0.4) is 0 Å². The van der Waals surface area contributed by atoms with Crippen molar-refractivity contribution in [2.45, 2.75) is 12.2 Å². The first-order valence-corrected chi connectivity index (χ1v) is 4.17. The molecular weight excluding hydrogens is 166 g/mol. The van der Waals surface area contributed by atoms with Crippen LogP contribution in [0.15, 0.2) is 24.4 Å². The van der Waals surface area contributed by atoms with Gasteiger partial charge in [0.05, 0.1) is 5.69 Å². The van der Waals surface area contributed by atoms with Crippen molar-refractivity contribution in [3.05, 3.63) is 35.7 Å². The summed E-state index contributed by atoms with van der Waals surface area (Å²) >= 11 is 0. The molecule has 1 aliphatic carbocycles. The highest BCUT2D eigenvalue weighted by molar-refractivity contribution is 5.54. The number of rotatable bonds is 1. The molecule has 1 heterocycles. The third kappa shape index (κ3) is 1.36. The minimum Gasteiger partial charge on any atom is -0.385 e. The molecule has 68 valence electrons. The third-order valence-corrected chi connectivity index (χ3v) is 2.22. The van der Waals surface area contributed by atoms with Crippen molar-refractivity contribution in [2.75, 3.05) is 7.11 Å². The zero-order chi connectivity index (χ0) is 9.26. The highest BCUT2D eigenvalue weighted by Crippen LogP contribution is 2.27. The fourth-order valence-corrected chi connectivity index (χ4v) is 1.49. The normalized spacial score (nSPS) is 25.7. The van der Waals surface area contributed by atoms with Crippen LogP contribution in [-0.4, -0.2) is 23.3 Å². The SMILES string of the molecule is CO[C@H]1C=Cc2ncccc2[C@@H]1O. The summed E-state index contributed by atoms with van der Waals surface area (Å²) in [7, 11) is 1.58. The molecule has 0 bridgehead atoms. The summed E-state index contributed by atoms with van der Waals surface area (Å²) in [4.78, 5) is 4.14. The molecule has 3 heteroatoms. The van der Waals surface area contributed by atoms with Crippen LogP contribution in [0.2, 0.25) is 0 Å². The maximum absolute atomic E-state index is 9.80. The lowest BCUT2D eigenvalue weighted by Crippen LogP contribution is -2.22. The first kappa shape index (κ1) is 8.41. The molecule has 3 nitrogen and oxygen atoms in total. The molecule has 0 unspecified atom stereocenters. The van der Waals surface area contributed by atoms with Crippen molar-refractivity contribution in [3.8, 4) is 0 Å². The second kappa shape index (κ2) is 3.28. The first-order valence-electron chi connectivity index (χ1n) is 4.17. The molecule has 0 aliphatic heterocycles. The van der Waals surface area contributed by atoms with E-state index in [0.717, 1.165) is 11.3 Å². The monoisotopic (exact) mass is 177 g/mol. The Labute approximate surface area is 76.7 Å². The number of methoxy groups -OCH3 is 1. The Morgan fingerprint density at radius 2 is 2.38 bits per heavy atom. The number of hydrogen-bond acceptors (Lipinski definition) is 3. The molecule has 0 saturated carbocycles. The summed E-state index contributed by atoms with van der Waals surface area (Å²) in [6.07, 6.45) is 4.55. The predicted molar refractivity (Wildman–Crippen MR) is 49.0 cm³/mol. The van der Waals surface area contributed by atoms with E-state index in [1.165, 1.54) is 0 Å². The van der Waals surface area contributed by atoms with Crippen LogP contribution in [0, 0.1) is 0 Å². The standard InChI is InChI=1S/C10H11NO2/c1-13-9-5-4-8-7(10(9)12)3-2-6-11-8/h2-6,9-10,12H,1H3/t9-,10-/m0/s1. The summed E-state index contributed by atoms with van der Waals surface area (Å²) in [5.41, 5.74) is 1.65.